The molecule has 0 spiro atoms. The molecular formula is C17H23F2NO2. The molecule has 3 nitrogen and oxygen atoms in total. The zero-order valence-corrected chi connectivity index (χ0v) is 13.0. The highest BCUT2D eigenvalue weighted by Gasteiger charge is 2.24. The minimum absolute atomic E-state index is 0.118. The van der Waals surface area contributed by atoms with E-state index in [1.807, 2.05) is 0 Å². The number of hydrogen-bond acceptors (Lipinski definition) is 3. The molecule has 5 heteroatoms. The van der Waals surface area contributed by atoms with Gasteiger partial charge in [0, 0.05) is 24.6 Å². The van der Waals surface area contributed by atoms with E-state index in [1.54, 1.807) is 0 Å². The number of rotatable bonds is 7. The lowest BCUT2D eigenvalue weighted by molar-refractivity contribution is -0.140. The van der Waals surface area contributed by atoms with E-state index in [1.165, 1.54) is 25.3 Å². The fourth-order valence-corrected chi connectivity index (χ4v) is 3.08. The molecule has 1 aliphatic carbocycles. The van der Waals surface area contributed by atoms with E-state index in [0.717, 1.165) is 25.7 Å². The van der Waals surface area contributed by atoms with Crippen molar-refractivity contribution in [1.29, 1.82) is 0 Å². The maximum Gasteiger partial charge on any atom is 0.305 e. The van der Waals surface area contributed by atoms with Crippen LogP contribution in [0.1, 0.15) is 44.1 Å². The molecule has 1 saturated carbocycles. The first kappa shape index (κ1) is 16.9. The van der Waals surface area contributed by atoms with Gasteiger partial charge in [-0.2, -0.15) is 0 Å². The van der Waals surface area contributed by atoms with Crippen LogP contribution >= 0.6 is 0 Å². The van der Waals surface area contributed by atoms with E-state index in [2.05, 4.69) is 9.64 Å². The van der Waals surface area contributed by atoms with Gasteiger partial charge in [0.1, 0.15) is 11.6 Å². The van der Waals surface area contributed by atoms with Gasteiger partial charge in [-0.1, -0.05) is 18.9 Å². The van der Waals surface area contributed by atoms with Crippen molar-refractivity contribution in [2.75, 3.05) is 13.7 Å². The molecule has 1 aromatic rings. The van der Waals surface area contributed by atoms with Crippen molar-refractivity contribution in [2.24, 2.45) is 0 Å². The largest absolute Gasteiger partial charge is 0.469 e. The number of hydrogen-bond donors (Lipinski definition) is 0. The predicted octanol–water partition coefficient (Wildman–Crippen LogP) is 3.66. The van der Waals surface area contributed by atoms with E-state index in [4.69, 9.17) is 0 Å². The number of nitrogens with zero attached hydrogens (tertiary/aromatic N) is 1. The fraction of sp³-hybridized carbons (Fsp3) is 0.588. The van der Waals surface area contributed by atoms with E-state index < -0.39 is 11.6 Å². The van der Waals surface area contributed by atoms with E-state index in [0.29, 0.717) is 25.4 Å². The van der Waals surface area contributed by atoms with Crippen molar-refractivity contribution in [3.8, 4) is 0 Å². The van der Waals surface area contributed by atoms with Crippen molar-refractivity contribution in [3.05, 3.63) is 35.4 Å². The Kier molecular flexibility index (Phi) is 6.31. The molecule has 0 amide bonds. The predicted molar refractivity (Wildman–Crippen MR) is 80.3 cm³/mol. The first-order valence-electron chi connectivity index (χ1n) is 7.85. The number of esters is 1. The van der Waals surface area contributed by atoms with Gasteiger partial charge in [-0.05, 0) is 37.9 Å². The number of carbonyl (C=O) groups excluding carboxylic acids is 1. The summed E-state index contributed by atoms with van der Waals surface area (Å²) in [6, 6.07) is 4.31. The average Bonchev–Trinajstić information content (AvgIpc) is 3.03. The molecule has 1 aliphatic rings. The smallest absolute Gasteiger partial charge is 0.305 e. The van der Waals surface area contributed by atoms with Gasteiger partial charge in [-0.15, -0.1) is 0 Å². The molecule has 0 unspecified atom stereocenters. The van der Waals surface area contributed by atoms with Crippen LogP contribution in [-0.2, 0) is 16.1 Å². The molecule has 22 heavy (non-hydrogen) atoms. The molecule has 0 aliphatic heterocycles. The van der Waals surface area contributed by atoms with Crippen molar-refractivity contribution in [2.45, 2.75) is 51.1 Å². The Morgan fingerprint density at radius 3 is 2.50 bits per heavy atom. The highest BCUT2D eigenvalue weighted by Crippen LogP contribution is 2.26. The normalized spacial score (nSPS) is 15.5. The standard InChI is InChI=1S/C17H23F2NO2/c1-22-17(21)10-5-11-20(13-6-2-3-7-13)12-14-15(18)8-4-9-16(14)19/h4,8-9,13H,2-3,5-7,10-12H2,1H3. The van der Waals surface area contributed by atoms with E-state index in [-0.39, 0.29) is 18.1 Å². The van der Waals surface area contributed by atoms with Gasteiger partial charge in [-0.3, -0.25) is 9.69 Å². The Labute approximate surface area is 130 Å². The number of methoxy groups -OCH3 is 1. The Bertz CT molecular complexity index is 481. The number of halogens is 2. The lowest BCUT2D eigenvalue weighted by Gasteiger charge is -2.29. The topological polar surface area (TPSA) is 29.5 Å². The van der Waals surface area contributed by atoms with Crippen molar-refractivity contribution >= 4 is 5.97 Å². The SMILES string of the molecule is COC(=O)CCCN(Cc1c(F)cccc1F)C1CCCC1. The first-order chi connectivity index (χ1) is 10.6. The van der Waals surface area contributed by atoms with Crippen LogP contribution in [0, 0.1) is 11.6 Å². The minimum atomic E-state index is -0.504. The second-order valence-corrected chi connectivity index (χ2v) is 5.79. The summed E-state index contributed by atoms with van der Waals surface area (Å²) >= 11 is 0. The van der Waals surface area contributed by atoms with Crippen molar-refractivity contribution in [3.63, 3.8) is 0 Å². The Balaban J connectivity index is 2.02. The molecular weight excluding hydrogens is 288 g/mol. The summed E-state index contributed by atoms with van der Waals surface area (Å²) in [5.41, 5.74) is 0.118. The molecule has 0 bridgehead atoms. The first-order valence-corrected chi connectivity index (χ1v) is 7.85. The zero-order chi connectivity index (χ0) is 15.9. The van der Waals surface area contributed by atoms with Gasteiger partial charge in [0.2, 0.25) is 0 Å². The summed E-state index contributed by atoms with van der Waals surface area (Å²) in [6.07, 6.45) is 5.37. The van der Waals surface area contributed by atoms with Crippen LogP contribution < -0.4 is 0 Å². The molecule has 0 saturated heterocycles. The van der Waals surface area contributed by atoms with E-state index in [9.17, 15) is 13.6 Å². The summed E-state index contributed by atoms with van der Waals surface area (Å²) < 4.78 is 32.4. The summed E-state index contributed by atoms with van der Waals surface area (Å²) in [5, 5.41) is 0. The van der Waals surface area contributed by atoms with E-state index >= 15 is 0 Å². The third-order valence-corrected chi connectivity index (χ3v) is 4.32. The Morgan fingerprint density at radius 2 is 1.91 bits per heavy atom. The zero-order valence-electron chi connectivity index (χ0n) is 13.0. The second kappa shape index (κ2) is 8.22. The van der Waals surface area contributed by atoms with Crippen LogP contribution in [0.5, 0.6) is 0 Å². The van der Waals surface area contributed by atoms with Crippen molar-refractivity contribution < 1.29 is 18.3 Å². The van der Waals surface area contributed by atoms with Crippen LogP contribution in [0.15, 0.2) is 18.2 Å². The lowest BCUT2D eigenvalue weighted by Crippen LogP contribution is -2.34. The number of carbonyl (C=O) groups is 1. The summed E-state index contributed by atoms with van der Waals surface area (Å²) in [6.45, 7) is 0.901. The molecule has 2 rings (SSSR count). The van der Waals surface area contributed by atoms with Gasteiger partial charge in [0.15, 0.2) is 0 Å². The third kappa shape index (κ3) is 4.50. The molecule has 0 radical (unpaired) electrons. The highest BCUT2D eigenvalue weighted by molar-refractivity contribution is 5.69. The number of benzene rings is 1. The van der Waals surface area contributed by atoms with Gasteiger partial charge in [-0.25, -0.2) is 8.78 Å². The molecule has 0 N–H and O–H groups in total. The highest BCUT2D eigenvalue weighted by atomic mass is 19.1. The monoisotopic (exact) mass is 311 g/mol. The molecule has 122 valence electrons. The van der Waals surface area contributed by atoms with Crippen LogP contribution in [0.4, 0.5) is 8.78 Å². The Hall–Kier alpha value is -1.49. The van der Waals surface area contributed by atoms with Crippen molar-refractivity contribution in [1.82, 2.24) is 4.90 Å². The summed E-state index contributed by atoms with van der Waals surface area (Å²) in [7, 11) is 1.37. The third-order valence-electron chi connectivity index (χ3n) is 4.32. The van der Waals surface area contributed by atoms with Crippen LogP contribution in [-0.4, -0.2) is 30.6 Å². The maximum atomic E-state index is 13.9. The van der Waals surface area contributed by atoms with Gasteiger partial charge >= 0.3 is 5.97 Å². The van der Waals surface area contributed by atoms with Gasteiger partial charge in [0.25, 0.3) is 0 Å². The molecule has 0 atom stereocenters. The average molecular weight is 311 g/mol. The van der Waals surface area contributed by atoms with Gasteiger partial charge in [0.05, 0.1) is 7.11 Å². The minimum Gasteiger partial charge on any atom is -0.469 e. The van der Waals surface area contributed by atoms with Crippen LogP contribution in [0.2, 0.25) is 0 Å². The van der Waals surface area contributed by atoms with Crippen LogP contribution in [0.25, 0.3) is 0 Å². The molecule has 0 aromatic heterocycles. The summed E-state index contributed by atoms with van der Waals surface area (Å²) in [4.78, 5) is 13.3. The lowest BCUT2D eigenvalue weighted by atomic mass is 10.1. The molecule has 0 heterocycles. The molecule has 1 fully saturated rings. The summed E-state index contributed by atoms with van der Waals surface area (Å²) in [5.74, 6) is -1.25. The quantitative estimate of drug-likeness (QED) is 0.720. The van der Waals surface area contributed by atoms with Gasteiger partial charge < -0.3 is 4.74 Å². The second-order valence-electron chi connectivity index (χ2n) is 5.79. The molecule has 1 aromatic carbocycles. The number of ether oxygens (including phenoxy) is 1. The van der Waals surface area contributed by atoms with Crippen LogP contribution in [0.3, 0.4) is 0 Å². The maximum absolute atomic E-state index is 13.9. The fourth-order valence-electron chi connectivity index (χ4n) is 3.08. The Morgan fingerprint density at radius 1 is 1.27 bits per heavy atom.